The van der Waals surface area contributed by atoms with Gasteiger partial charge in [-0.05, 0) is 36.6 Å². The Bertz CT molecular complexity index is 1220. The molecule has 9 nitrogen and oxygen atoms in total. The van der Waals surface area contributed by atoms with E-state index in [-0.39, 0.29) is 6.10 Å². The Morgan fingerprint density at radius 3 is 2.74 bits per heavy atom. The minimum absolute atomic E-state index is 0.0359. The van der Waals surface area contributed by atoms with Crippen LogP contribution in [0.1, 0.15) is 37.7 Å². The van der Waals surface area contributed by atoms with Crippen LogP contribution in [-0.4, -0.2) is 38.1 Å². The zero-order valence-electron chi connectivity index (χ0n) is 19.4. The lowest BCUT2D eigenvalue weighted by Crippen LogP contribution is -2.09. The lowest BCUT2D eigenvalue weighted by Gasteiger charge is -2.14. The fourth-order valence-electron chi connectivity index (χ4n) is 3.74. The highest BCUT2D eigenvalue weighted by Gasteiger charge is 2.11. The number of ether oxygens (including phenoxy) is 2. The maximum Gasteiger partial charge on any atom is 0.181 e. The van der Waals surface area contributed by atoms with Gasteiger partial charge in [0.1, 0.15) is 29.4 Å². The Hall–Kier alpha value is -3.37. The first-order valence-electron chi connectivity index (χ1n) is 11.3. The van der Waals surface area contributed by atoms with Crippen LogP contribution in [0.25, 0.3) is 10.2 Å². The first-order valence-corrected chi connectivity index (χ1v) is 12.1. The third-order valence-electron chi connectivity index (χ3n) is 5.45. The Labute approximate surface area is 202 Å². The number of aryl methyl sites for hydroxylation is 1. The summed E-state index contributed by atoms with van der Waals surface area (Å²) in [6.45, 7) is 0.396. The van der Waals surface area contributed by atoms with Crippen LogP contribution < -0.4 is 20.5 Å². The minimum Gasteiger partial charge on any atom is -0.494 e. The van der Waals surface area contributed by atoms with Gasteiger partial charge in [-0.25, -0.2) is 9.97 Å². The molecule has 1 saturated carbocycles. The van der Waals surface area contributed by atoms with E-state index in [0.717, 1.165) is 40.1 Å². The van der Waals surface area contributed by atoms with Gasteiger partial charge in [-0.1, -0.05) is 30.6 Å². The molecule has 5 rings (SSSR count). The second-order valence-corrected chi connectivity index (χ2v) is 9.24. The monoisotopic (exact) mass is 482 g/mol. The zero-order valence-corrected chi connectivity index (χ0v) is 20.2. The summed E-state index contributed by atoms with van der Waals surface area (Å²) in [5.41, 5.74) is 8.41. The Morgan fingerprint density at radius 2 is 2.06 bits per heavy atom. The summed E-state index contributed by atoms with van der Waals surface area (Å²) >= 11 is 1.40. The molecule has 1 aliphatic carbocycles. The predicted molar refractivity (Wildman–Crippen MR) is 135 cm³/mol. The number of rotatable bonds is 6. The van der Waals surface area contributed by atoms with Crippen molar-refractivity contribution in [1.29, 1.82) is 0 Å². The number of benzene rings is 1. The number of hydrogen-bond acceptors (Lipinski definition) is 9. The summed E-state index contributed by atoms with van der Waals surface area (Å²) in [4.78, 5) is 8.61. The fraction of sp³-hybridized carbons (Fsp3) is 0.375. The van der Waals surface area contributed by atoms with Crippen molar-refractivity contribution in [2.45, 2.75) is 44.8 Å². The Morgan fingerprint density at radius 1 is 1.24 bits per heavy atom. The number of aliphatic hydroxyl groups is 1. The molecule has 0 bridgehead atoms. The van der Waals surface area contributed by atoms with Crippen LogP contribution in [-0.2, 0) is 13.7 Å². The van der Waals surface area contributed by atoms with Crippen molar-refractivity contribution in [3.05, 3.63) is 48.4 Å². The third kappa shape index (κ3) is 6.36. The van der Waals surface area contributed by atoms with Gasteiger partial charge >= 0.3 is 0 Å². The van der Waals surface area contributed by atoms with E-state index in [4.69, 9.17) is 20.3 Å². The van der Waals surface area contributed by atoms with Crippen LogP contribution in [0, 0.1) is 0 Å². The first-order chi connectivity index (χ1) is 16.5. The molecular weight excluding hydrogens is 452 g/mol. The standard InChI is InChI=1S/C18H18N6O2S.C6H12O/c1-24-9-12(8-21-24)22-16-5-11(3-4-20-16)10-26-13-6-14(25-2)17-15(7-13)27-18(19)23-17;7-6-4-2-1-3-5-6/h3-9H,10H2,1-2H3,(H2,19,23)(H,20,22);6-7H,1-5H2. The highest BCUT2D eigenvalue weighted by atomic mass is 32.1. The number of pyridine rings is 1. The van der Waals surface area contributed by atoms with Crippen LogP contribution in [0.4, 0.5) is 16.6 Å². The van der Waals surface area contributed by atoms with Gasteiger partial charge < -0.3 is 25.6 Å². The topological polar surface area (TPSA) is 120 Å². The van der Waals surface area contributed by atoms with E-state index < -0.39 is 0 Å². The van der Waals surface area contributed by atoms with Gasteiger partial charge in [-0.2, -0.15) is 5.10 Å². The summed E-state index contributed by atoms with van der Waals surface area (Å²) in [7, 11) is 3.47. The van der Waals surface area contributed by atoms with Crippen molar-refractivity contribution in [3.63, 3.8) is 0 Å². The molecular formula is C24H30N6O3S. The average Bonchev–Trinajstić information content (AvgIpc) is 3.42. The average molecular weight is 483 g/mol. The number of nitrogen functional groups attached to an aromatic ring is 1. The lowest BCUT2D eigenvalue weighted by molar-refractivity contribution is 0.130. The molecule has 0 atom stereocenters. The molecule has 10 heteroatoms. The molecule has 3 aromatic heterocycles. The molecule has 4 N–H and O–H groups in total. The Kier molecular flexibility index (Phi) is 7.81. The summed E-state index contributed by atoms with van der Waals surface area (Å²) in [5, 5.41) is 16.8. The zero-order chi connectivity index (χ0) is 23.9. The second kappa shape index (κ2) is 11.2. The van der Waals surface area contributed by atoms with Crippen molar-refractivity contribution in [3.8, 4) is 11.5 Å². The van der Waals surface area contributed by atoms with Gasteiger partial charge in [0.15, 0.2) is 5.13 Å². The molecule has 3 heterocycles. The lowest BCUT2D eigenvalue weighted by atomic mass is 9.98. The molecule has 0 spiro atoms. The van der Waals surface area contributed by atoms with Crippen molar-refractivity contribution in [2.24, 2.45) is 7.05 Å². The number of nitrogens with zero attached hydrogens (tertiary/aromatic N) is 4. The van der Waals surface area contributed by atoms with Gasteiger partial charge in [0, 0.05) is 25.5 Å². The number of thiazole rings is 1. The minimum atomic E-state index is 0.0359. The van der Waals surface area contributed by atoms with Crippen LogP contribution >= 0.6 is 11.3 Å². The maximum atomic E-state index is 8.91. The number of fused-ring (bicyclic) bond motifs is 1. The largest absolute Gasteiger partial charge is 0.494 e. The predicted octanol–water partition coefficient (Wildman–Crippen LogP) is 4.65. The molecule has 1 aliphatic rings. The second-order valence-electron chi connectivity index (χ2n) is 8.18. The van der Waals surface area contributed by atoms with Crippen molar-refractivity contribution in [1.82, 2.24) is 19.7 Å². The first kappa shape index (κ1) is 23.8. The molecule has 180 valence electrons. The molecule has 0 unspecified atom stereocenters. The molecule has 0 radical (unpaired) electrons. The van der Waals surface area contributed by atoms with Gasteiger partial charge in [-0.15, -0.1) is 0 Å². The molecule has 1 aromatic carbocycles. The molecule has 0 saturated heterocycles. The highest BCUT2D eigenvalue weighted by molar-refractivity contribution is 7.22. The van der Waals surface area contributed by atoms with Gasteiger partial charge in [0.25, 0.3) is 0 Å². The molecule has 0 amide bonds. The summed E-state index contributed by atoms with van der Waals surface area (Å²) < 4.78 is 14.0. The van der Waals surface area contributed by atoms with E-state index in [1.807, 2.05) is 37.5 Å². The van der Waals surface area contributed by atoms with Crippen LogP contribution in [0.2, 0.25) is 0 Å². The summed E-state index contributed by atoms with van der Waals surface area (Å²) in [6.07, 6.45) is 11.3. The van der Waals surface area contributed by atoms with E-state index in [0.29, 0.717) is 23.2 Å². The number of aromatic nitrogens is 4. The molecule has 1 fully saturated rings. The van der Waals surface area contributed by atoms with E-state index in [2.05, 4.69) is 20.4 Å². The highest BCUT2D eigenvalue weighted by Crippen LogP contribution is 2.35. The van der Waals surface area contributed by atoms with Crippen LogP contribution in [0.15, 0.2) is 42.9 Å². The van der Waals surface area contributed by atoms with E-state index in [9.17, 15) is 0 Å². The third-order valence-corrected chi connectivity index (χ3v) is 6.28. The van der Waals surface area contributed by atoms with Gasteiger partial charge in [0.05, 0.1) is 29.8 Å². The number of hydrogen-bond donors (Lipinski definition) is 3. The fourth-order valence-corrected chi connectivity index (χ4v) is 4.52. The van der Waals surface area contributed by atoms with Gasteiger partial charge in [0.2, 0.25) is 0 Å². The van der Waals surface area contributed by atoms with E-state index >= 15 is 0 Å². The Balaban J connectivity index is 0.000000336. The number of aliphatic hydroxyl groups excluding tert-OH is 1. The number of nitrogens with one attached hydrogen (secondary N) is 1. The van der Waals surface area contributed by atoms with Crippen LogP contribution in [0.3, 0.4) is 0 Å². The summed E-state index contributed by atoms with van der Waals surface area (Å²) in [5.74, 6) is 2.07. The van der Waals surface area contributed by atoms with Crippen molar-refractivity contribution < 1.29 is 14.6 Å². The van der Waals surface area contributed by atoms with Gasteiger partial charge in [-0.3, -0.25) is 4.68 Å². The molecule has 34 heavy (non-hydrogen) atoms. The quantitative estimate of drug-likeness (QED) is 0.363. The number of nitrogens with two attached hydrogens (primary N) is 1. The molecule has 0 aliphatic heterocycles. The van der Waals surface area contributed by atoms with E-state index in [1.54, 1.807) is 24.2 Å². The number of anilines is 3. The SMILES string of the molecule is COc1cc(OCc2ccnc(Nc3cnn(C)c3)c2)cc2sc(N)nc12.OC1CCCCC1. The van der Waals surface area contributed by atoms with Crippen molar-refractivity contribution >= 4 is 38.2 Å². The maximum absolute atomic E-state index is 8.91. The van der Waals surface area contributed by atoms with Crippen LogP contribution in [0.5, 0.6) is 11.5 Å². The normalized spacial score (nSPS) is 13.9. The molecule has 4 aromatic rings. The van der Waals surface area contributed by atoms with Crippen molar-refractivity contribution in [2.75, 3.05) is 18.2 Å². The summed E-state index contributed by atoms with van der Waals surface area (Å²) in [6, 6.07) is 7.58. The smallest absolute Gasteiger partial charge is 0.181 e. The number of methoxy groups -OCH3 is 1. The van der Waals surface area contributed by atoms with E-state index in [1.165, 1.54) is 30.6 Å².